The smallest absolute Gasteiger partial charge is 0.387 e. The highest BCUT2D eigenvalue weighted by Gasteiger charge is 2.32. The lowest BCUT2D eigenvalue weighted by Gasteiger charge is -2.14. The number of thiocarbonyl (C=S) groups is 1. The monoisotopic (exact) mass is 478 g/mol. The van der Waals surface area contributed by atoms with Gasteiger partial charge in [0.1, 0.15) is 10.1 Å². The van der Waals surface area contributed by atoms with E-state index in [1.165, 1.54) is 47.4 Å². The molecule has 0 bridgehead atoms. The second kappa shape index (κ2) is 10.3. The minimum atomic E-state index is -3.01. The Balaban J connectivity index is 1.67. The Morgan fingerprint density at radius 2 is 1.88 bits per heavy atom. The van der Waals surface area contributed by atoms with Gasteiger partial charge < -0.3 is 15.2 Å². The number of para-hydroxylation sites is 2. The molecule has 11 heteroatoms. The van der Waals surface area contributed by atoms with Crippen molar-refractivity contribution >= 4 is 57.8 Å². The predicted molar refractivity (Wildman–Crippen MR) is 120 cm³/mol. The first-order valence-corrected chi connectivity index (χ1v) is 10.4. The van der Waals surface area contributed by atoms with Gasteiger partial charge in [0.05, 0.1) is 16.2 Å². The van der Waals surface area contributed by atoms with Crippen LogP contribution in [-0.4, -0.2) is 45.3 Å². The molecule has 166 valence electrons. The Hall–Kier alpha value is -3.31. The molecule has 0 aliphatic carbocycles. The van der Waals surface area contributed by atoms with E-state index >= 15 is 0 Å². The molecule has 2 N–H and O–H groups in total. The standard InChI is InChI=1S/C21H16F2N2O5S2/c22-20(23)30-15-8-4-1-5-12(15)11-16-18(27)25(21(31)32-16)10-9-17(26)24-14-7-3-2-6-13(14)19(28)29/h1-8,11,20H,9-10H2,(H,24,26)(H,28,29)/b16-11-. The fourth-order valence-corrected chi connectivity index (χ4v) is 4.14. The van der Waals surface area contributed by atoms with E-state index < -0.39 is 24.4 Å². The number of alkyl halides is 2. The van der Waals surface area contributed by atoms with Crippen molar-refractivity contribution in [2.45, 2.75) is 13.0 Å². The number of nitrogens with one attached hydrogen (secondary N) is 1. The average molecular weight is 478 g/mol. The van der Waals surface area contributed by atoms with Crippen molar-refractivity contribution < 1.29 is 33.0 Å². The van der Waals surface area contributed by atoms with Gasteiger partial charge in [-0.1, -0.05) is 54.3 Å². The van der Waals surface area contributed by atoms with E-state index in [4.69, 9.17) is 12.2 Å². The van der Waals surface area contributed by atoms with E-state index in [0.717, 1.165) is 11.8 Å². The molecule has 0 saturated carbocycles. The summed E-state index contributed by atoms with van der Waals surface area (Å²) in [4.78, 5) is 37.7. The van der Waals surface area contributed by atoms with E-state index in [1.807, 2.05) is 0 Å². The Labute approximate surface area is 191 Å². The Bertz CT molecular complexity index is 1110. The summed E-state index contributed by atoms with van der Waals surface area (Å²) in [5.74, 6) is -2.22. The summed E-state index contributed by atoms with van der Waals surface area (Å²) >= 11 is 6.20. The number of carbonyl (C=O) groups excluding carboxylic acids is 2. The van der Waals surface area contributed by atoms with Crippen molar-refractivity contribution in [3.05, 3.63) is 64.6 Å². The molecule has 1 saturated heterocycles. The highest BCUT2D eigenvalue weighted by molar-refractivity contribution is 8.26. The second-order valence-corrected chi connectivity index (χ2v) is 8.07. The summed E-state index contributed by atoms with van der Waals surface area (Å²) in [5, 5.41) is 11.7. The van der Waals surface area contributed by atoms with Gasteiger partial charge in [-0.15, -0.1) is 0 Å². The van der Waals surface area contributed by atoms with Crippen LogP contribution in [0.15, 0.2) is 53.4 Å². The van der Waals surface area contributed by atoms with Gasteiger partial charge in [-0.2, -0.15) is 8.78 Å². The molecule has 1 aliphatic heterocycles. The van der Waals surface area contributed by atoms with E-state index in [1.54, 1.807) is 12.1 Å². The maximum atomic E-state index is 12.7. The summed E-state index contributed by atoms with van der Waals surface area (Å²) in [6.07, 6.45) is 1.28. The number of hydrogen-bond donors (Lipinski definition) is 2. The number of nitrogens with zero attached hydrogens (tertiary/aromatic N) is 1. The predicted octanol–water partition coefficient (Wildman–Crippen LogP) is 4.22. The van der Waals surface area contributed by atoms with Crippen molar-refractivity contribution in [2.24, 2.45) is 0 Å². The third kappa shape index (κ3) is 5.68. The zero-order valence-electron chi connectivity index (χ0n) is 16.3. The van der Waals surface area contributed by atoms with Gasteiger partial charge in [-0.05, 0) is 24.3 Å². The first-order valence-electron chi connectivity index (χ1n) is 9.17. The van der Waals surface area contributed by atoms with Crippen LogP contribution in [0, 0.1) is 0 Å². The van der Waals surface area contributed by atoms with Gasteiger partial charge in [0.15, 0.2) is 0 Å². The fourth-order valence-electron chi connectivity index (χ4n) is 2.84. The summed E-state index contributed by atoms with van der Waals surface area (Å²) in [5.41, 5.74) is 0.376. The average Bonchev–Trinajstić information content (AvgIpc) is 3.00. The van der Waals surface area contributed by atoms with Gasteiger partial charge in [0.25, 0.3) is 5.91 Å². The first kappa shape index (κ1) is 23.4. The number of rotatable bonds is 8. The molecule has 0 aromatic heterocycles. The molecule has 2 amide bonds. The molecule has 1 aliphatic rings. The van der Waals surface area contributed by atoms with Crippen LogP contribution in [0.25, 0.3) is 6.08 Å². The third-order valence-electron chi connectivity index (χ3n) is 4.29. The number of anilines is 1. The van der Waals surface area contributed by atoms with Crippen molar-refractivity contribution in [3.8, 4) is 5.75 Å². The van der Waals surface area contributed by atoms with Crippen LogP contribution in [0.5, 0.6) is 5.75 Å². The van der Waals surface area contributed by atoms with Gasteiger partial charge in [0.2, 0.25) is 5.91 Å². The SMILES string of the molecule is O=C(CCN1C(=O)/C(=C/c2ccccc2OC(F)F)SC1=S)Nc1ccccc1C(=O)O. The van der Waals surface area contributed by atoms with Gasteiger partial charge in [-0.3, -0.25) is 14.5 Å². The minimum Gasteiger partial charge on any atom is -0.478 e. The summed E-state index contributed by atoms with van der Waals surface area (Å²) in [6.45, 7) is -3.04. The fraction of sp³-hybridized carbons (Fsp3) is 0.143. The molecule has 3 rings (SSSR count). The van der Waals surface area contributed by atoms with Gasteiger partial charge >= 0.3 is 12.6 Å². The van der Waals surface area contributed by atoms with E-state index in [9.17, 15) is 28.3 Å². The Morgan fingerprint density at radius 3 is 2.59 bits per heavy atom. The van der Waals surface area contributed by atoms with Crippen LogP contribution in [-0.2, 0) is 9.59 Å². The van der Waals surface area contributed by atoms with Crippen molar-refractivity contribution in [1.82, 2.24) is 4.90 Å². The molecule has 2 aromatic rings. The molecule has 0 spiro atoms. The topological polar surface area (TPSA) is 95.9 Å². The van der Waals surface area contributed by atoms with Gasteiger partial charge in [0, 0.05) is 18.5 Å². The van der Waals surface area contributed by atoms with Crippen LogP contribution in [0.4, 0.5) is 14.5 Å². The number of carbonyl (C=O) groups is 3. The highest BCUT2D eigenvalue weighted by Crippen LogP contribution is 2.34. The lowest BCUT2D eigenvalue weighted by Crippen LogP contribution is -2.31. The number of carboxylic acid groups (broad SMARTS) is 1. The van der Waals surface area contributed by atoms with E-state index in [-0.39, 0.29) is 44.8 Å². The number of hydrogen-bond acceptors (Lipinski definition) is 6. The summed E-state index contributed by atoms with van der Waals surface area (Å²) in [7, 11) is 0. The van der Waals surface area contributed by atoms with Gasteiger partial charge in [-0.25, -0.2) is 4.79 Å². The summed E-state index contributed by atoms with van der Waals surface area (Å²) in [6, 6.07) is 12.0. The molecule has 0 radical (unpaired) electrons. The zero-order chi connectivity index (χ0) is 23.3. The number of carboxylic acids is 1. The minimum absolute atomic E-state index is 0.0295. The van der Waals surface area contributed by atoms with Crippen LogP contribution >= 0.6 is 24.0 Å². The third-order valence-corrected chi connectivity index (χ3v) is 5.67. The second-order valence-electron chi connectivity index (χ2n) is 6.40. The molecular weight excluding hydrogens is 462 g/mol. The quantitative estimate of drug-likeness (QED) is 0.433. The lowest BCUT2D eigenvalue weighted by molar-refractivity contribution is -0.122. The Kier molecular flexibility index (Phi) is 7.54. The molecule has 32 heavy (non-hydrogen) atoms. The highest BCUT2D eigenvalue weighted by atomic mass is 32.2. The number of amides is 2. The number of thioether (sulfide) groups is 1. The van der Waals surface area contributed by atoms with Crippen molar-refractivity contribution in [3.63, 3.8) is 0 Å². The van der Waals surface area contributed by atoms with E-state index in [2.05, 4.69) is 10.1 Å². The normalized spacial score (nSPS) is 14.8. The lowest BCUT2D eigenvalue weighted by atomic mass is 10.1. The molecular formula is C21H16F2N2O5S2. The van der Waals surface area contributed by atoms with Crippen LogP contribution < -0.4 is 10.1 Å². The molecule has 1 heterocycles. The maximum Gasteiger partial charge on any atom is 0.387 e. The summed E-state index contributed by atoms with van der Waals surface area (Å²) < 4.78 is 29.9. The molecule has 7 nitrogen and oxygen atoms in total. The Morgan fingerprint density at radius 1 is 1.19 bits per heavy atom. The zero-order valence-corrected chi connectivity index (χ0v) is 17.9. The van der Waals surface area contributed by atoms with Crippen LogP contribution in [0.3, 0.4) is 0 Å². The molecule has 0 unspecified atom stereocenters. The number of halogens is 2. The number of ether oxygens (including phenoxy) is 1. The van der Waals surface area contributed by atoms with Crippen LogP contribution in [0.2, 0.25) is 0 Å². The van der Waals surface area contributed by atoms with Crippen LogP contribution in [0.1, 0.15) is 22.3 Å². The number of benzene rings is 2. The first-order chi connectivity index (χ1) is 15.3. The molecule has 0 atom stereocenters. The number of aromatic carboxylic acids is 1. The molecule has 2 aromatic carbocycles. The van der Waals surface area contributed by atoms with Crippen molar-refractivity contribution in [2.75, 3.05) is 11.9 Å². The maximum absolute atomic E-state index is 12.7. The largest absolute Gasteiger partial charge is 0.478 e. The molecule has 1 fully saturated rings. The van der Waals surface area contributed by atoms with E-state index in [0.29, 0.717) is 0 Å². The van der Waals surface area contributed by atoms with Crippen molar-refractivity contribution in [1.29, 1.82) is 0 Å².